The number of hydrogen-bond donors (Lipinski definition) is 3. The number of carbonyl (C=O) groups excluding carboxylic acids is 2. The number of carboxylic acid groups (broad SMARTS) is 1. The Morgan fingerprint density at radius 2 is 1.89 bits per heavy atom. The zero-order valence-corrected chi connectivity index (χ0v) is 16.4. The molecule has 0 unspecified atom stereocenters. The minimum atomic E-state index is -4.30. The molecule has 0 aliphatic heterocycles. The van der Waals surface area contributed by atoms with Gasteiger partial charge in [-0.05, 0) is 38.5 Å². The summed E-state index contributed by atoms with van der Waals surface area (Å²) in [7, 11) is -4.30. The zero-order valence-electron chi connectivity index (χ0n) is 15.6. The number of halogens is 1. The van der Waals surface area contributed by atoms with Crippen LogP contribution in [0.15, 0.2) is 24.3 Å². The highest BCUT2D eigenvalue weighted by Crippen LogP contribution is 2.15. The molecule has 0 spiro atoms. The smallest absolute Gasteiger partial charge is 0.422 e. The van der Waals surface area contributed by atoms with E-state index in [2.05, 4.69) is 4.72 Å². The number of amides is 2. The molecule has 0 radical (unpaired) electrons. The Morgan fingerprint density at radius 3 is 2.43 bits per heavy atom. The lowest BCUT2D eigenvalue weighted by Gasteiger charge is -2.20. The lowest BCUT2D eigenvalue weighted by molar-refractivity contribution is -0.145. The number of carbonyl (C=O) groups is 3. The van der Waals surface area contributed by atoms with E-state index in [1.54, 1.807) is 25.5 Å². The van der Waals surface area contributed by atoms with Gasteiger partial charge in [-0.3, -0.25) is 14.3 Å². The summed E-state index contributed by atoms with van der Waals surface area (Å²) in [4.78, 5) is 34.7. The highest BCUT2D eigenvalue weighted by Gasteiger charge is 2.22. The van der Waals surface area contributed by atoms with Crippen molar-refractivity contribution in [1.82, 2.24) is 9.62 Å². The first kappa shape index (κ1) is 23.1. The molecule has 28 heavy (non-hydrogen) atoms. The predicted molar refractivity (Wildman–Crippen MR) is 97.4 cm³/mol. The van der Waals surface area contributed by atoms with Gasteiger partial charge in [-0.25, -0.2) is 13.9 Å². The van der Waals surface area contributed by atoms with Gasteiger partial charge in [0.2, 0.25) is 0 Å². The number of anilines is 1. The van der Waals surface area contributed by atoms with Crippen LogP contribution in [0.5, 0.6) is 0 Å². The van der Waals surface area contributed by atoms with E-state index >= 15 is 0 Å². The monoisotopic (exact) mass is 419 g/mol. The Hall–Kier alpha value is -2.89. The fourth-order valence-corrected chi connectivity index (χ4v) is 2.77. The molecule has 0 aliphatic rings. The second-order valence-electron chi connectivity index (χ2n) is 6.69. The maximum atomic E-state index is 12.6. The lowest BCUT2D eigenvalue weighted by atomic mass is 10.2. The molecular weight excluding hydrogens is 397 g/mol. The highest BCUT2D eigenvalue weighted by atomic mass is 32.2. The van der Waals surface area contributed by atoms with Gasteiger partial charge in [-0.1, -0.05) is 12.1 Å². The van der Waals surface area contributed by atoms with E-state index in [4.69, 9.17) is 9.84 Å². The Kier molecular flexibility index (Phi) is 7.73. The quantitative estimate of drug-likeness (QED) is 0.575. The SMILES string of the molecule is CC(C)(C)OC(=O)NS(=O)(=O)Nc1cccc(CN(CC(=O)O)C(=O)CF)c1. The largest absolute Gasteiger partial charge is 0.480 e. The first-order chi connectivity index (χ1) is 12.8. The summed E-state index contributed by atoms with van der Waals surface area (Å²) in [6, 6.07) is 5.63. The van der Waals surface area contributed by atoms with Crippen LogP contribution in [0.4, 0.5) is 14.9 Å². The fourth-order valence-electron chi connectivity index (χ4n) is 2.02. The van der Waals surface area contributed by atoms with Gasteiger partial charge in [0.05, 0.1) is 5.69 Å². The maximum absolute atomic E-state index is 12.6. The van der Waals surface area contributed by atoms with Crippen molar-refractivity contribution in [3.8, 4) is 0 Å². The van der Waals surface area contributed by atoms with Crippen LogP contribution in [0.1, 0.15) is 26.3 Å². The molecule has 10 nitrogen and oxygen atoms in total. The highest BCUT2D eigenvalue weighted by molar-refractivity contribution is 7.91. The van der Waals surface area contributed by atoms with E-state index in [0.717, 1.165) is 4.90 Å². The molecule has 0 aliphatic carbocycles. The summed E-state index contributed by atoms with van der Waals surface area (Å²) in [6.07, 6.45) is -1.17. The van der Waals surface area contributed by atoms with E-state index in [-0.39, 0.29) is 12.2 Å². The van der Waals surface area contributed by atoms with Crippen LogP contribution < -0.4 is 9.44 Å². The van der Waals surface area contributed by atoms with Gasteiger partial charge in [-0.2, -0.15) is 8.42 Å². The van der Waals surface area contributed by atoms with Crippen LogP contribution in [-0.2, 0) is 31.1 Å². The summed E-state index contributed by atoms with van der Waals surface area (Å²) < 4.78 is 45.3. The number of nitrogens with zero attached hydrogens (tertiary/aromatic N) is 1. The molecule has 2 amide bonds. The molecule has 0 saturated carbocycles. The van der Waals surface area contributed by atoms with Gasteiger partial charge in [0, 0.05) is 6.54 Å². The average Bonchev–Trinajstić information content (AvgIpc) is 2.50. The van der Waals surface area contributed by atoms with E-state index in [1.807, 2.05) is 0 Å². The van der Waals surface area contributed by atoms with Crippen LogP contribution >= 0.6 is 0 Å². The molecule has 0 fully saturated rings. The predicted octanol–water partition coefficient (Wildman–Crippen LogP) is 1.25. The number of hydrogen-bond acceptors (Lipinski definition) is 6. The number of carboxylic acids is 1. The van der Waals surface area contributed by atoms with Crippen molar-refractivity contribution in [2.24, 2.45) is 0 Å². The van der Waals surface area contributed by atoms with Crippen molar-refractivity contribution in [2.75, 3.05) is 17.9 Å². The number of ether oxygens (including phenoxy) is 1. The van der Waals surface area contributed by atoms with Gasteiger partial charge in [0.25, 0.3) is 5.91 Å². The number of rotatable bonds is 8. The van der Waals surface area contributed by atoms with Crippen LogP contribution in [0.2, 0.25) is 0 Å². The third-order valence-electron chi connectivity index (χ3n) is 2.96. The molecule has 12 heteroatoms. The number of aliphatic carboxylic acids is 1. The molecule has 156 valence electrons. The minimum Gasteiger partial charge on any atom is -0.480 e. The van der Waals surface area contributed by atoms with E-state index in [9.17, 15) is 27.2 Å². The van der Waals surface area contributed by atoms with Gasteiger partial charge >= 0.3 is 22.3 Å². The summed E-state index contributed by atoms with van der Waals surface area (Å²) in [5.41, 5.74) is -0.507. The van der Waals surface area contributed by atoms with Crippen LogP contribution in [0.3, 0.4) is 0 Å². The fraction of sp³-hybridized carbons (Fsp3) is 0.438. The molecule has 1 aromatic rings. The van der Waals surface area contributed by atoms with Crippen molar-refractivity contribution in [3.63, 3.8) is 0 Å². The summed E-state index contributed by atoms with van der Waals surface area (Å²) >= 11 is 0. The summed E-state index contributed by atoms with van der Waals surface area (Å²) in [5, 5.41) is 8.82. The molecule has 1 aromatic carbocycles. The minimum absolute atomic E-state index is 0.0385. The summed E-state index contributed by atoms with van der Waals surface area (Å²) in [6.45, 7) is 2.38. The molecule has 0 atom stereocenters. The lowest BCUT2D eigenvalue weighted by Crippen LogP contribution is -2.39. The van der Waals surface area contributed by atoms with Gasteiger partial charge in [-0.15, -0.1) is 0 Å². The number of alkyl halides is 1. The Balaban J connectivity index is 2.88. The molecule has 0 aromatic heterocycles. The second-order valence-corrected chi connectivity index (χ2v) is 8.10. The molecule has 0 heterocycles. The molecule has 0 saturated heterocycles. The average molecular weight is 419 g/mol. The van der Waals surface area contributed by atoms with Crippen LogP contribution in [0, 0.1) is 0 Å². The first-order valence-electron chi connectivity index (χ1n) is 7.99. The molecular formula is C16H22FN3O7S. The molecule has 0 bridgehead atoms. The Bertz CT molecular complexity index is 837. The topological polar surface area (TPSA) is 142 Å². The third-order valence-corrected chi connectivity index (χ3v) is 3.90. The van der Waals surface area contributed by atoms with Crippen LogP contribution in [0.25, 0.3) is 0 Å². The van der Waals surface area contributed by atoms with E-state index < -0.39 is 47.0 Å². The van der Waals surface area contributed by atoms with Gasteiger partial charge < -0.3 is 14.7 Å². The van der Waals surface area contributed by atoms with E-state index in [0.29, 0.717) is 5.56 Å². The Morgan fingerprint density at radius 1 is 1.25 bits per heavy atom. The van der Waals surface area contributed by atoms with Crippen molar-refractivity contribution < 1.29 is 37.0 Å². The maximum Gasteiger partial charge on any atom is 0.422 e. The zero-order chi connectivity index (χ0) is 21.5. The molecule has 1 rings (SSSR count). The normalized spacial score (nSPS) is 11.4. The standard InChI is InChI=1S/C16H22FN3O7S/c1-16(2,3)27-15(24)19-28(25,26)18-12-6-4-5-11(7-12)9-20(10-14(22)23)13(21)8-17/h4-7,18H,8-10H2,1-3H3,(H,19,24)(H,22,23). The van der Waals surface area contributed by atoms with Crippen molar-refractivity contribution in [3.05, 3.63) is 29.8 Å². The first-order valence-corrected chi connectivity index (χ1v) is 9.47. The van der Waals surface area contributed by atoms with Crippen LogP contribution in [-0.4, -0.2) is 55.2 Å². The number of nitrogens with one attached hydrogen (secondary N) is 2. The van der Waals surface area contributed by atoms with Gasteiger partial charge in [0.1, 0.15) is 12.1 Å². The van der Waals surface area contributed by atoms with Crippen molar-refractivity contribution in [1.29, 1.82) is 0 Å². The second kappa shape index (κ2) is 9.35. The van der Waals surface area contributed by atoms with Gasteiger partial charge in [0.15, 0.2) is 6.67 Å². The third kappa shape index (κ3) is 8.66. The Labute approximate surface area is 161 Å². The number of benzene rings is 1. The van der Waals surface area contributed by atoms with Crippen molar-refractivity contribution >= 4 is 33.9 Å². The van der Waals surface area contributed by atoms with E-state index in [1.165, 1.54) is 24.3 Å². The molecule has 3 N–H and O–H groups in total. The summed E-state index contributed by atoms with van der Waals surface area (Å²) in [5.74, 6) is -2.33. The van der Waals surface area contributed by atoms with Crippen molar-refractivity contribution in [2.45, 2.75) is 32.9 Å².